The van der Waals surface area contributed by atoms with Gasteiger partial charge < -0.3 is 24.3 Å². The summed E-state index contributed by atoms with van der Waals surface area (Å²) in [6.07, 6.45) is 5.14. The van der Waals surface area contributed by atoms with Gasteiger partial charge in [-0.1, -0.05) is 0 Å². The predicted octanol–water partition coefficient (Wildman–Crippen LogP) is 4.24. The van der Waals surface area contributed by atoms with E-state index in [1.165, 1.54) is 41.1 Å². The summed E-state index contributed by atoms with van der Waals surface area (Å²) in [6, 6.07) is 10.8. The minimum atomic E-state index is -3.83. The Bertz CT molecular complexity index is 1330. The number of carbonyl (C=O) groups is 1. The maximum absolute atomic E-state index is 13.0. The van der Waals surface area contributed by atoms with Crippen LogP contribution in [0.3, 0.4) is 0 Å². The summed E-state index contributed by atoms with van der Waals surface area (Å²) in [6.45, 7) is 1.21. The molecule has 2 aromatic heterocycles. The number of fused-ring (bicyclic) bond motifs is 2. The van der Waals surface area contributed by atoms with Crippen molar-refractivity contribution in [3.05, 3.63) is 70.8 Å². The first-order valence-corrected chi connectivity index (χ1v) is 11.8. The molecule has 11 heteroatoms. The molecule has 188 valence electrons. The largest absolute Gasteiger partial charge is 0.487 e. The number of morpholine rings is 1. The molecule has 36 heavy (non-hydrogen) atoms. The highest BCUT2D eigenvalue weighted by molar-refractivity contribution is 6.20. The fraction of sp³-hybridized carbons (Fsp3) is 0.320. The number of aromatic nitrogens is 2. The number of anilines is 2. The van der Waals surface area contributed by atoms with Crippen LogP contribution < -0.4 is 20.5 Å². The number of amides is 1. The van der Waals surface area contributed by atoms with Crippen LogP contribution >= 0.6 is 11.6 Å². The normalized spacial score (nSPS) is 19.3. The lowest BCUT2D eigenvalue weighted by Crippen LogP contribution is -2.46. The summed E-state index contributed by atoms with van der Waals surface area (Å²) < 4.78 is 37.1. The van der Waals surface area contributed by atoms with Crippen LogP contribution in [0, 0.1) is 0 Å². The van der Waals surface area contributed by atoms with E-state index in [1.807, 2.05) is 6.07 Å². The minimum Gasteiger partial charge on any atom is -0.420 e. The maximum atomic E-state index is 13.0. The van der Waals surface area contributed by atoms with Gasteiger partial charge in [-0.05, 0) is 54.8 Å². The second-order valence-corrected chi connectivity index (χ2v) is 9.26. The number of halogens is 3. The third kappa shape index (κ3) is 5.05. The number of benzene rings is 1. The van der Waals surface area contributed by atoms with Gasteiger partial charge in [0, 0.05) is 48.4 Å². The van der Waals surface area contributed by atoms with E-state index < -0.39 is 11.5 Å². The molecular formula is C25H23ClF2N4O4. The molecule has 4 heterocycles. The topological polar surface area (TPSA) is 85.7 Å². The molecule has 1 aromatic carbocycles. The summed E-state index contributed by atoms with van der Waals surface area (Å²) in [7, 11) is 1.67. The van der Waals surface area contributed by atoms with E-state index in [0.29, 0.717) is 35.8 Å². The molecule has 0 spiro atoms. The predicted molar refractivity (Wildman–Crippen MR) is 131 cm³/mol. The molecule has 5 rings (SSSR count). The van der Waals surface area contributed by atoms with Crippen LogP contribution in [0.2, 0.25) is 0 Å². The third-order valence-corrected chi connectivity index (χ3v) is 6.45. The summed E-state index contributed by atoms with van der Waals surface area (Å²) in [4.78, 5) is 32.3. The number of pyridine rings is 2. The zero-order valence-electron chi connectivity index (χ0n) is 19.3. The van der Waals surface area contributed by atoms with Crippen molar-refractivity contribution < 1.29 is 23.0 Å². The van der Waals surface area contributed by atoms with Crippen LogP contribution in [0.1, 0.15) is 23.2 Å². The zero-order chi connectivity index (χ0) is 25.4. The van der Waals surface area contributed by atoms with E-state index in [4.69, 9.17) is 16.3 Å². The fourth-order valence-electron chi connectivity index (χ4n) is 4.63. The van der Waals surface area contributed by atoms with Gasteiger partial charge in [0.05, 0.1) is 30.9 Å². The average molecular weight is 517 g/mol. The number of nitrogens with zero attached hydrogens (tertiary/aromatic N) is 3. The lowest BCUT2D eigenvalue weighted by molar-refractivity contribution is -0.0964. The van der Waals surface area contributed by atoms with Crippen molar-refractivity contribution in [3.8, 4) is 16.9 Å². The molecule has 2 saturated heterocycles. The van der Waals surface area contributed by atoms with Crippen molar-refractivity contribution in [1.29, 1.82) is 0 Å². The number of hydrogen-bond donors (Lipinski definition) is 1. The number of ether oxygens (including phenoxy) is 2. The molecule has 2 aliphatic heterocycles. The second-order valence-electron chi connectivity index (χ2n) is 8.82. The standard InChI is InChI=1S/C25H23ClF2N4O4/c1-31-9-8-15(11-22(31)33)21-10-16(12-29-23(21)32-18-4-5-19(32)14-35-13-18)24(34)30-17-2-6-20(7-3-17)36-25(26,27)28/h2-3,6-12,18-19H,4-5,13-14H2,1H3,(H,30,34). The van der Waals surface area contributed by atoms with Gasteiger partial charge in [0.2, 0.25) is 0 Å². The van der Waals surface area contributed by atoms with E-state index in [1.54, 1.807) is 19.3 Å². The quantitative estimate of drug-likeness (QED) is 0.493. The molecule has 3 aromatic rings. The Hall–Kier alpha value is -3.50. The molecule has 1 N–H and O–H groups in total. The second kappa shape index (κ2) is 9.51. The molecule has 1 amide bonds. The Morgan fingerprint density at radius 1 is 1.17 bits per heavy atom. The Morgan fingerprint density at radius 2 is 1.86 bits per heavy atom. The fourth-order valence-corrected chi connectivity index (χ4v) is 4.72. The van der Waals surface area contributed by atoms with Crippen molar-refractivity contribution in [2.75, 3.05) is 23.4 Å². The Kier molecular flexibility index (Phi) is 6.40. The Morgan fingerprint density at radius 3 is 2.50 bits per heavy atom. The van der Waals surface area contributed by atoms with Crippen LogP contribution in [-0.2, 0) is 11.8 Å². The Labute approximate surface area is 210 Å². The highest BCUT2D eigenvalue weighted by Gasteiger charge is 2.39. The number of carbonyl (C=O) groups excluding carboxylic acids is 1. The number of rotatable bonds is 6. The number of alkyl halides is 3. The molecule has 2 fully saturated rings. The van der Waals surface area contributed by atoms with E-state index in [9.17, 15) is 18.4 Å². The zero-order valence-corrected chi connectivity index (χ0v) is 20.0. The van der Waals surface area contributed by atoms with Gasteiger partial charge in [0.25, 0.3) is 11.5 Å². The first kappa shape index (κ1) is 24.2. The first-order chi connectivity index (χ1) is 17.2. The van der Waals surface area contributed by atoms with Crippen molar-refractivity contribution in [3.63, 3.8) is 0 Å². The van der Waals surface area contributed by atoms with Crippen molar-refractivity contribution in [2.45, 2.75) is 30.5 Å². The van der Waals surface area contributed by atoms with Crippen LogP contribution in [0.25, 0.3) is 11.1 Å². The first-order valence-electron chi connectivity index (χ1n) is 11.4. The Balaban J connectivity index is 1.46. The van der Waals surface area contributed by atoms with Crippen LogP contribution in [0.5, 0.6) is 5.75 Å². The summed E-state index contributed by atoms with van der Waals surface area (Å²) in [5.74, 6) is 0.117. The van der Waals surface area contributed by atoms with E-state index in [0.717, 1.165) is 12.8 Å². The van der Waals surface area contributed by atoms with Crippen molar-refractivity contribution in [1.82, 2.24) is 9.55 Å². The van der Waals surface area contributed by atoms with Gasteiger partial charge in [0.15, 0.2) is 0 Å². The van der Waals surface area contributed by atoms with Crippen LogP contribution in [0.15, 0.2) is 59.7 Å². The van der Waals surface area contributed by atoms with E-state index in [-0.39, 0.29) is 29.0 Å². The monoisotopic (exact) mass is 516 g/mol. The van der Waals surface area contributed by atoms with Gasteiger partial charge in [-0.2, -0.15) is 0 Å². The number of nitrogens with one attached hydrogen (secondary N) is 1. The summed E-state index contributed by atoms with van der Waals surface area (Å²) in [5, 5.41) is 2.72. The summed E-state index contributed by atoms with van der Waals surface area (Å²) in [5.41, 5.74) is -2.02. The van der Waals surface area contributed by atoms with E-state index >= 15 is 0 Å². The molecule has 0 aliphatic carbocycles. The van der Waals surface area contributed by atoms with Gasteiger partial charge in [-0.15, -0.1) is 8.78 Å². The molecule has 2 unspecified atom stereocenters. The smallest absolute Gasteiger partial charge is 0.420 e. The van der Waals surface area contributed by atoms with Crippen LogP contribution in [-0.4, -0.2) is 46.3 Å². The molecule has 0 saturated carbocycles. The highest BCUT2D eigenvalue weighted by atomic mass is 35.5. The lowest BCUT2D eigenvalue weighted by Gasteiger charge is -2.36. The molecule has 2 atom stereocenters. The maximum Gasteiger partial charge on any atom is 0.487 e. The summed E-state index contributed by atoms with van der Waals surface area (Å²) >= 11 is 4.78. The van der Waals surface area contributed by atoms with Crippen molar-refractivity contribution >= 4 is 29.0 Å². The highest BCUT2D eigenvalue weighted by Crippen LogP contribution is 2.38. The molecule has 2 bridgehead atoms. The van der Waals surface area contributed by atoms with E-state index in [2.05, 4.69) is 19.9 Å². The average Bonchev–Trinajstić information content (AvgIpc) is 3.08. The molecule has 0 radical (unpaired) electrons. The molecule has 8 nitrogen and oxygen atoms in total. The van der Waals surface area contributed by atoms with Gasteiger partial charge in [0.1, 0.15) is 11.6 Å². The minimum absolute atomic E-state index is 0.146. The number of hydrogen-bond acceptors (Lipinski definition) is 6. The van der Waals surface area contributed by atoms with Crippen molar-refractivity contribution in [2.24, 2.45) is 7.05 Å². The van der Waals surface area contributed by atoms with Gasteiger partial charge in [-0.25, -0.2) is 4.98 Å². The third-order valence-electron chi connectivity index (χ3n) is 6.37. The van der Waals surface area contributed by atoms with Crippen LogP contribution in [0.4, 0.5) is 20.3 Å². The van der Waals surface area contributed by atoms with Gasteiger partial charge in [-0.3, -0.25) is 9.59 Å². The lowest BCUT2D eigenvalue weighted by atomic mass is 10.0. The SMILES string of the molecule is Cn1ccc(-c2cc(C(=O)Nc3ccc(OC(F)(F)Cl)cc3)cnc2N2C3CCC2COC3)cc1=O. The molecular weight excluding hydrogens is 494 g/mol. The number of aryl methyl sites for hydroxylation is 1. The molecule has 2 aliphatic rings. The van der Waals surface area contributed by atoms with Gasteiger partial charge >= 0.3 is 5.57 Å².